The normalized spacial score (nSPS) is 11.8. The standard InChI is InChI=1S/C30H60O14S/c1-3-6-33-8-10-35-12-14-37-16-18-39-20-22-41-24-26-43-28-29-44-27-25-42-23-21-40-19-17-38-15-13-36-11-9-34-7-5-30-45(31,32)4-2/h4H,2-3,5-30H2,1H3. The fourth-order valence-corrected chi connectivity index (χ4v) is 3.80. The predicted octanol–water partition coefficient (Wildman–Crippen LogP) is 1.54. The van der Waals surface area contributed by atoms with Crippen molar-refractivity contribution in [1.29, 1.82) is 0 Å². The van der Waals surface area contributed by atoms with Crippen molar-refractivity contribution in [3.8, 4) is 0 Å². The van der Waals surface area contributed by atoms with Crippen LogP contribution in [0.4, 0.5) is 0 Å². The van der Waals surface area contributed by atoms with Gasteiger partial charge in [-0.1, -0.05) is 13.5 Å². The largest absolute Gasteiger partial charge is 0.379 e. The van der Waals surface area contributed by atoms with Crippen LogP contribution in [0.15, 0.2) is 12.0 Å². The van der Waals surface area contributed by atoms with Gasteiger partial charge in [0.05, 0.1) is 151 Å². The Labute approximate surface area is 271 Å². The van der Waals surface area contributed by atoms with Crippen LogP contribution < -0.4 is 0 Å². The molecule has 0 bridgehead atoms. The summed E-state index contributed by atoms with van der Waals surface area (Å²) < 4.78 is 87.5. The van der Waals surface area contributed by atoms with E-state index in [0.717, 1.165) is 18.4 Å². The van der Waals surface area contributed by atoms with Crippen molar-refractivity contribution in [3.63, 3.8) is 0 Å². The third-order valence-electron chi connectivity index (χ3n) is 5.41. The summed E-state index contributed by atoms with van der Waals surface area (Å²) in [5.74, 6) is 0.0478. The third-order valence-corrected chi connectivity index (χ3v) is 6.78. The molecular weight excluding hydrogens is 616 g/mol. The lowest BCUT2D eigenvalue weighted by atomic mass is 10.5. The van der Waals surface area contributed by atoms with Crippen molar-refractivity contribution in [2.75, 3.05) is 164 Å². The van der Waals surface area contributed by atoms with E-state index in [-0.39, 0.29) is 5.75 Å². The quantitative estimate of drug-likeness (QED) is 0.0866. The molecule has 45 heavy (non-hydrogen) atoms. The van der Waals surface area contributed by atoms with Gasteiger partial charge in [0.25, 0.3) is 0 Å². The maximum atomic E-state index is 11.2. The zero-order valence-electron chi connectivity index (χ0n) is 27.5. The lowest BCUT2D eigenvalue weighted by Crippen LogP contribution is -2.15. The highest BCUT2D eigenvalue weighted by Gasteiger charge is 2.03. The first-order valence-corrected chi connectivity index (χ1v) is 17.6. The molecule has 0 aliphatic carbocycles. The summed E-state index contributed by atoms with van der Waals surface area (Å²) in [4.78, 5) is 0. The van der Waals surface area contributed by atoms with E-state index in [1.54, 1.807) is 0 Å². The molecule has 15 heteroatoms. The highest BCUT2D eigenvalue weighted by atomic mass is 32.2. The van der Waals surface area contributed by atoms with Crippen LogP contribution >= 0.6 is 0 Å². The van der Waals surface area contributed by atoms with Gasteiger partial charge in [-0.3, -0.25) is 0 Å². The van der Waals surface area contributed by atoms with Crippen molar-refractivity contribution in [1.82, 2.24) is 0 Å². The molecular formula is C30H60O14S. The van der Waals surface area contributed by atoms with Gasteiger partial charge in [0.1, 0.15) is 0 Å². The summed E-state index contributed by atoms with van der Waals surface area (Å²) in [6.07, 6.45) is 1.46. The molecule has 0 N–H and O–H groups in total. The van der Waals surface area contributed by atoms with Crippen LogP contribution in [-0.4, -0.2) is 173 Å². The molecule has 0 aromatic rings. The van der Waals surface area contributed by atoms with E-state index in [2.05, 4.69) is 13.5 Å². The smallest absolute Gasteiger partial charge is 0.171 e. The van der Waals surface area contributed by atoms with Gasteiger partial charge in [0.2, 0.25) is 0 Å². The lowest BCUT2D eigenvalue weighted by molar-refractivity contribution is -0.0283. The van der Waals surface area contributed by atoms with E-state index in [0.29, 0.717) is 158 Å². The Morgan fingerprint density at radius 2 is 0.578 bits per heavy atom. The second kappa shape index (κ2) is 37.7. The fraction of sp³-hybridized carbons (Fsp3) is 0.933. The summed E-state index contributed by atoms with van der Waals surface area (Å²) in [7, 11) is -3.15. The molecule has 0 amide bonds. The Balaban J connectivity index is 3.07. The number of sulfone groups is 1. The van der Waals surface area contributed by atoms with Crippen molar-refractivity contribution in [2.24, 2.45) is 0 Å². The number of ether oxygens (including phenoxy) is 12. The van der Waals surface area contributed by atoms with Gasteiger partial charge in [-0.15, -0.1) is 0 Å². The summed E-state index contributed by atoms with van der Waals surface area (Å²) in [5.41, 5.74) is 0. The summed E-state index contributed by atoms with van der Waals surface area (Å²) in [6, 6.07) is 0. The van der Waals surface area contributed by atoms with Gasteiger partial charge in [0.15, 0.2) is 9.84 Å². The van der Waals surface area contributed by atoms with Crippen LogP contribution in [0.1, 0.15) is 19.8 Å². The summed E-state index contributed by atoms with van der Waals surface area (Å²) in [6.45, 7) is 17.6. The van der Waals surface area contributed by atoms with Crippen LogP contribution in [0.2, 0.25) is 0 Å². The van der Waals surface area contributed by atoms with Gasteiger partial charge in [-0.25, -0.2) is 8.42 Å². The SMILES string of the molecule is C=CS(=O)(=O)CCCOCCOCCOCCOCCOCCOCCOCCOCCOCCOCCOCCOCCC. The van der Waals surface area contributed by atoms with Gasteiger partial charge >= 0.3 is 0 Å². The number of rotatable bonds is 40. The molecule has 0 saturated heterocycles. The minimum Gasteiger partial charge on any atom is -0.379 e. The Morgan fingerprint density at radius 1 is 0.378 bits per heavy atom. The van der Waals surface area contributed by atoms with Crippen molar-refractivity contribution in [2.45, 2.75) is 19.8 Å². The number of hydrogen-bond donors (Lipinski definition) is 0. The summed E-state index contributed by atoms with van der Waals surface area (Å²) >= 11 is 0. The van der Waals surface area contributed by atoms with Crippen molar-refractivity contribution in [3.05, 3.63) is 12.0 Å². The van der Waals surface area contributed by atoms with Crippen LogP contribution in [0.5, 0.6) is 0 Å². The molecule has 0 heterocycles. The average Bonchev–Trinajstić information content (AvgIpc) is 3.04. The molecule has 0 unspecified atom stereocenters. The fourth-order valence-electron chi connectivity index (χ4n) is 3.11. The molecule has 14 nitrogen and oxygen atoms in total. The molecule has 0 rings (SSSR count). The molecule has 0 aromatic heterocycles. The molecule has 0 atom stereocenters. The zero-order chi connectivity index (χ0) is 32.8. The summed E-state index contributed by atoms with van der Waals surface area (Å²) in [5, 5.41) is 0.968. The third kappa shape index (κ3) is 39.3. The van der Waals surface area contributed by atoms with Crippen LogP contribution in [0.3, 0.4) is 0 Å². The maximum absolute atomic E-state index is 11.2. The van der Waals surface area contributed by atoms with Crippen LogP contribution in [0, 0.1) is 0 Å². The number of hydrogen-bond acceptors (Lipinski definition) is 14. The highest BCUT2D eigenvalue weighted by Crippen LogP contribution is 1.95. The molecule has 0 radical (unpaired) electrons. The first-order valence-electron chi connectivity index (χ1n) is 15.9. The van der Waals surface area contributed by atoms with E-state index in [1.165, 1.54) is 0 Å². The predicted molar refractivity (Wildman–Crippen MR) is 169 cm³/mol. The Bertz CT molecular complexity index is 684. The molecule has 0 aromatic carbocycles. The lowest BCUT2D eigenvalue weighted by Gasteiger charge is -2.09. The monoisotopic (exact) mass is 676 g/mol. The minimum atomic E-state index is -3.15. The second-order valence-corrected chi connectivity index (χ2v) is 11.3. The van der Waals surface area contributed by atoms with E-state index < -0.39 is 9.84 Å². The van der Waals surface area contributed by atoms with E-state index in [9.17, 15) is 8.42 Å². The van der Waals surface area contributed by atoms with Gasteiger partial charge in [-0.05, 0) is 12.8 Å². The first-order chi connectivity index (χ1) is 22.1. The maximum Gasteiger partial charge on any atom is 0.171 e. The molecule has 0 aliphatic rings. The molecule has 0 fully saturated rings. The second-order valence-electron chi connectivity index (χ2n) is 9.24. The van der Waals surface area contributed by atoms with Gasteiger partial charge in [-0.2, -0.15) is 0 Å². The van der Waals surface area contributed by atoms with Gasteiger partial charge < -0.3 is 56.8 Å². The van der Waals surface area contributed by atoms with Crippen LogP contribution in [0.25, 0.3) is 0 Å². The molecule has 270 valence electrons. The van der Waals surface area contributed by atoms with E-state index in [1.807, 2.05) is 0 Å². The molecule has 0 spiro atoms. The average molecular weight is 677 g/mol. The van der Waals surface area contributed by atoms with Crippen LogP contribution in [-0.2, 0) is 66.7 Å². The highest BCUT2D eigenvalue weighted by molar-refractivity contribution is 7.94. The topological polar surface area (TPSA) is 145 Å². The molecule has 0 aliphatic heterocycles. The Hall–Kier alpha value is -0.790. The van der Waals surface area contributed by atoms with Crippen molar-refractivity contribution >= 4 is 9.84 Å². The minimum absolute atomic E-state index is 0.0478. The first kappa shape index (κ1) is 44.2. The van der Waals surface area contributed by atoms with E-state index in [4.69, 9.17) is 56.8 Å². The van der Waals surface area contributed by atoms with E-state index >= 15 is 0 Å². The Kier molecular flexibility index (Phi) is 37.0. The zero-order valence-corrected chi connectivity index (χ0v) is 28.3. The van der Waals surface area contributed by atoms with Gasteiger partial charge in [0, 0.05) is 18.6 Å². The Morgan fingerprint density at radius 3 is 0.778 bits per heavy atom. The molecule has 0 saturated carbocycles. The van der Waals surface area contributed by atoms with Crippen molar-refractivity contribution < 1.29 is 65.3 Å².